The Labute approximate surface area is 168 Å². The van der Waals surface area contributed by atoms with Gasteiger partial charge in [0, 0.05) is 63.4 Å². The minimum absolute atomic E-state index is 0.124. The van der Waals surface area contributed by atoms with E-state index < -0.39 is 10.0 Å². The molecule has 0 spiro atoms. The summed E-state index contributed by atoms with van der Waals surface area (Å²) in [5.41, 5.74) is 0. The number of aliphatic imine (C=N–C) groups is 1. The molecular weight excluding hydrogens is 382 g/mol. The Balaban J connectivity index is 1.37. The number of nitrogens with zero attached hydrogens (tertiary/aromatic N) is 3. The summed E-state index contributed by atoms with van der Waals surface area (Å²) in [7, 11) is -1.42. The van der Waals surface area contributed by atoms with Crippen molar-refractivity contribution in [2.24, 2.45) is 4.99 Å². The van der Waals surface area contributed by atoms with Crippen LogP contribution in [0, 0.1) is 0 Å². The second-order valence-electron chi connectivity index (χ2n) is 7.72. The third-order valence-electron chi connectivity index (χ3n) is 5.95. The average Bonchev–Trinajstić information content (AvgIpc) is 3.23. The summed E-state index contributed by atoms with van der Waals surface area (Å²) in [6, 6.07) is 1.23. The first kappa shape index (κ1) is 21.2. The van der Waals surface area contributed by atoms with Gasteiger partial charge in [-0.3, -0.25) is 4.99 Å². The lowest BCUT2D eigenvalue weighted by Gasteiger charge is -2.36. The van der Waals surface area contributed by atoms with Crippen LogP contribution in [-0.4, -0.2) is 92.7 Å². The van der Waals surface area contributed by atoms with Crippen LogP contribution in [0.5, 0.6) is 0 Å². The fraction of sp³-hybridized carbons (Fsp3) is 0.944. The van der Waals surface area contributed by atoms with Crippen LogP contribution < -0.4 is 10.6 Å². The molecule has 0 radical (unpaired) electrons. The third kappa shape index (κ3) is 6.24. The van der Waals surface area contributed by atoms with Gasteiger partial charge in [0.15, 0.2) is 5.96 Å². The lowest BCUT2D eigenvalue weighted by atomic mass is 10.0. The number of guanidine groups is 1. The van der Waals surface area contributed by atoms with E-state index in [4.69, 9.17) is 0 Å². The van der Waals surface area contributed by atoms with E-state index in [9.17, 15) is 8.42 Å². The Bertz CT molecular complexity index is 579. The van der Waals surface area contributed by atoms with E-state index in [0.717, 1.165) is 49.4 Å². The minimum atomic E-state index is -3.17. The fourth-order valence-electron chi connectivity index (χ4n) is 4.32. The van der Waals surface area contributed by atoms with Crippen molar-refractivity contribution in [2.75, 3.05) is 57.0 Å². The van der Waals surface area contributed by atoms with E-state index >= 15 is 0 Å². The standard InChI is InChI=1S/C18H35N5O2S2/c1-19-18(20-8-15-27(24,25)23-11-13-26-14-12-23)21-16-6-9-22(10-7-16)17-4-2-3-5-17/h16-17H,2-15H2,1H3,(H2,19,20,21). The van der Waals surface area contributed by atoms with Crippen molar-refractivity contribution >= 4 is 27.7 Å². The number of rotatable bonds is 6. The van der Waals surface area contributed by atoms with Crippen LogP contribution in [0.1, 0.15) is 38.5 Å². The van der Waals surface area contributed by atoms with Crippen molar-refractivity contribution in [3.63, 3.8) is 0 Å². The molecule has 9 heteroatoms. The smallest absolute Gasteiger partial charge is 0.215 e. The molecule has 1 aliphatic carbocycles. The Kier molecular flexibility index (Phi) is 8.10. The van der Waals surface area contributed by atoms with Crippen LogP contribution in [0.3, 0.4) is 0 Å². The molecule has 156 valence electrons. The highest BCUT2D eigenvalue weighted by Crippen LogP contribution is 2.26. The molecular formula is C18H35N5O2S2. The number of likely N-dealkylation sites (tertiary alicyclic amines) is 1. The molecule has 1 saturated carbocycles. The summed E-state index contributed by atoms with van der Waals surface area (Å²) in [6.45, 7) is 3.98. The summed E-state index contributed by atoms with van der Waals surface area (Å²) < 4.78 is 26.5. The lowest BCUT2D eigenvalue weighted by Crippen LogP contribution is -2.51. The highest BCUT2D eigenvalue weighted by molar-refractivity contribution is 7.99. The summed E-state index contributed by atoms with van der Waals surface area (Å²) in [5, 5.41) is 6.68. The highest BCUT2D eigenvalue weighted by Gasteiger charge is 2.27. The Hall–Kier alpha value is -0.510. The summed E-state index contributed by atoms with van der Waals surface area (Å²) >= 11 is 1.82. The maximum atomic E-state index is 12.4. The van der Waals surface area contributed by atoms with Gasteiger partial charge < -0.3 is 15.5 Å². The maximum Gasteiger partial charge on any atom is 0.215 e. The number of piperidine rings is 1. The molecule has 0 aromatic carbocycles. The average molecular weight is 418 g/mol. The van der Waals surface area contributed by atoms with Gasteiger partial charge in [-0.1, -0.05) is 12.8 Å². The van der Waals surface area contributed by atoms with Gasteiger partial charge in [-0.2, -0.15) is 11.8 Å². The van der Waals surface area contributed by atoms with Crippen LogP contribution in [0.15, 0.2) is 4.99 Å². The minimum Gasteiger partial charge on any atom is -0.355 e. The van der Waals surface area contributed by atoms with Crippen LogP contribution >= 0.6 is 11.8 Å². The summed E-state index contributed by atoms with van der Waals surface area (Å²) in [4.78, 5) is 6.94. The van der Waals surface area contributed by atoms with Crippen LogP contribution in [0.25, 0.3) is 0 Å². The predicted octanol–water partition coefficient (Wildman–Crippen LogP) is 0.937. The van der Waals surface area contributed by atoms with Gasteiger partial charge in [0.2, 0.25) is 10.0 Å². The van der Waals surface area contributed by atoms with Gasteiger partial charge in [0.25, 0.3) is 0 Å². The monoisotopic (exact) mass is 417 g/mol. The quantitative estimate of drug-likeness (QED) is 0.495. The number of sulfonamides is 1. The molecule has 0 unspecified atom stereocenters. The second-order valence-corrected chi connectivity index (χ2v) is 11.0. The predicted molar refractivity (Wildman–Crippen MR) is 114 cm³/mol. The van der Waals surface area contributed by atoms with E-state index in [2.05, 4.69) is 20.5 Å². The fourth-order valence-corrected chi connectivity index (χ4v) is 6.81. The molecule has 0 aromatic heterocycles. The molecule has 27 heavy (non-hydrogen) atoms. The van der Waals surface area contributed by atoms with Gasteiger partial charge in [-0.25, -0.2) is 12.7 Å². The second kappa shape index (κ2) is 10.3. The van der Waals surface area contributed by atoms with Crippen molar-refractivity contribution in [2.45, 2.75) is 50.6 Å². The molecule has 2 aliphatic heterocycles. The topological polar surface area (TPSA) is 77.0 Å². The number of nitrogens with one attached hydrogen (secondary N) is 2. The Morgan fingerprint density at radius 2 is 1.74 bits per heavy atom. The molecule has 3 fully saturated rings. The van der Waals surface area contributed by atoms with Crippen LogP contribution in [-0.2, 0) is 10.0 Å². The maximum absolute atomic E-state index is 12.4. The zero-order valence-corrected chi connectivity index (χ0v) is 18.2. The number of thioether (sulfide) groups is 1. The molecule has 0 bridgehead atoms. The van der Waals surface area contributed by atoms with Crippen molar-refractivity contribution in [1.29, 1.82) is 0 Å². The van der Waals surface area contributed by atoms with Gasteiger partial charge in [0.05, 0.1) is 5.75 Å². The zero-order valence-electron chi connectivity index (χ0n) is 16.5. The number of hydrogen-bond acceptors (Lipinski definition) is 5. The molecule has 0 atom stereocenters. The summed E-state index contributed by atoms with van der Waals surface area (Å²) in [6.07, 6.45) is 7.76. The number of hydrogen-bond donors (Lipinski definition) is 2. The third-order valence-corrected chi connectivity index (χ3v) is 8.77. The van der Waals surface area contributed by atoms with Gasteiger partial charge in [0.1, 0.15) is 0 Å². The molecule has 0 aromatic rings. The molecule has 2 N–H and O–H groups in total. The van der Waals surface area contributed by atoms with Gasteiger partial charge in [-0.05, 0) is 25.7 Å². The molecule has 3 rings (SSSR count). The van der Waals surface area contributed by atoms with Crippen LogP contribution in [0.4, 0.5) is 0 Å². The van der Waals surface area contributed by atoms with E-state index in [1.54, 1.807) is 11.4 Å². The van der Waals surface area contributed by atoms with Crippen molar-refractivity contribution in [3.05, 3.63) is 0 Å². The molecule has 2 heterocycles. The molecule has 3 aliphatic rings. The summed E-state index contributed by atoms with van der Waals surface area (Å²) in [5.74, 6) is 2.64. The van der Waals surface area contributed by atoms with Crippen molar-refractivity contribution in [1.82, 2.24) is 19.8 Å². The normalized spacial score (nSPS) is 25.0. The Morgan fingerprint density at radius 3 is 2.37 bits per heavy atom. The van der Waals surface area contributed by atoms with Crippen LogP contribution in [0.2, 0.25) is 0 Å². The van der Waals surface area contributed by atoms with E-state index in [1.165, 1.54) is 25.7 Å². The molecule has 7 nitrogen and oxygen atoms in total. The molecule has 2 saturated heterocycles. The lowest BCUT2D eigenvalue weighted by molar-refractivity contribution is 0.150. The highest BCUT2D eigenvalue weighted by atomic mass is 32.2. The van der Waals surface area contributed by atoms with E-state index in [1.807, 2.05) is 11.8 Å². The Morgan fingerprint density at radius 1 is 1.07 bits per heavy atom. The van der Waals surface area contributed by atoms with E-state index in [0.29, 0.717) is 25.7 Å². The first-order chi connectivity index (χ1) is 13.1. The molecule has 0 amide bonds. The van der Waals surface area contributed by atoms with Gasteiger partial charge in [-0.15, -0.1) is 0 Å². The largest absolute Gasteiger partial charge is 0.355 e. The SMILES string of the molecule is CN=C(NCCS(=O)(=O)N1CCSCC1)NC1CCN(C2CCCC2)CC1. The van der Waals surface area contributed by atoms with Gasteiger partial charge >= 0.3 is 0 Å². The first-order valence-electron chi connectivity index (χ1n) is 10.4. The van der Waals surface area contributed by atoms with Crippen molar-refractivity contribution < 1.29 is 8.42 Å². The first-order valence-corrected chi connectivity index (χ1v) is 13.1. The zero-order chi connectivity index (χ0) is 19.1. The van der Waals surface area contributed by atoms with E-state index in [-0.39, 0.29) is 5.75 Å². The van der Waals surface area contributed by atoms with Crippen molar-refractivity contribution in [3.8, 4) is 0 Å².